The summed E-state index contributed by atoms with van der Waals surface area (Å²) in [4.78, 5) is 2.41. The molecule has 0 aromatic heterocycles. The molecule has 1 heterocycles. The third-order valence-electron chi connectivity index (χ3n) is 4.49. The zero-order valence-corrected chi connectivity index (χ0v) is 13.1. The quantitative estimate of drug-likeness (QED) is 0.876. The molecule has 0 aliphatic carbocycles. The Balaban J connectivity index is 1.88. The van der Waals surface area contributed by atoms with Gasteiger partial charge in [-0.05, 0) is 70.4 Å². The molecule has 2 unspecified atom stereocenters. The Morgan fingerprint density at radius 2 is 2.19 bits per heavy atom. The predicted octanol–water partition coefficient (Wildman–Crippen LogP) is 2.71. The molecule has 1 saturated heterocycles. The van der Waals surface area contributed by atoms with Gasteiger partial charge in [-0.25, -0.2) is 4.39 Å². The van der Waals surface area contributed by atoms with Gasteiger partial charge < -0.3 is 15.3 Å². The number of nitrogens with zero attached hydrogens (tertiary/aromatic N) is 1. The molecule has 1 aromatic rings. The lowest BCUT2D eigenvalue weighted by atomic mass is 9.98. The second-order valence-electron chi connectivity index (χ2n) is 6.38. The Morgan fingerprint density at radius 3 is 2.90 bits per heavy atom. The zero-order valence-electron chi connectivity index (χ0n) is 13.1. The number of aliphatic hydroxyl groups is 1. The highest BCUT2D eigenvalue weighted by molar-refractivity contribution is 5.20. The smallest absolute Gasteiger partial charge is 0.123 e. The van der Waals surface area contributed by atoms with E-state index in [0.29, 0.717) is 0 Å². The van der Waals surface area contributed by atoms with Crippen LogP contribution >= 0.6 is 0 Å². The van der Waals surface area contributed by atoms with E-state index in [2.05, 4.69) is 10.2 Å². The number of halogens is 1. The number of likely N-dealkylation sites (tertiary alicyclic amines) is 1. The first kappa shape index (κ1) is 16.4. The van der Waals surface area contributed by atoms with Crippen LogP contribution in [0.1, 0.15) is 44.2 Å². The van der Waals surface area contributed by atoms with Gasteiger partial charge in [-0.15, -0.1) is 0 Å². The van der Waals surface area contributed by atoms with E-state index >= 15 is 0 Å². The minimum atomic E-state index is -0.514. The summed E-state index contributed by atoms with van der Waals surface area (Å²) in [7, 11) is 1.92. The van der Waals surface area contributed by atoms with Crippen LogP contribution in [0.15, 0.2) is 24.3 Å². The van der Waals surface area contributed by atoms with Crippen LogP contribution in [0.25, 0.3) is 0 Å². The summed E-state index contributed by atoms with van der Waals surface area (Å²) >= 11 is 0. The van der Waals surface area contributed by atoms with Crippen molar-refractivity contribution in [2.24, 2.45) is 0 Å². The van der Waals surface area contributed by atoms with Gasteiger partial charge in [-0.3, -0.25) is 0 Å². The Labute approximate surface area is 127 Å². The Morgan fingerprint density at radius 1 is 1.38 bits per heavy atom. The highest BCUT2D eigenvalue weighted by Crippen LogP contribution is 2.23. The normalized spacial score (nSPS) is 25.5. The van der Waals surface area contributed by atoms with Gasteiger partial charge in [0.15, 0.2) is 0 Å². The molecule has 1 aliphatic heterocycles. The van der Waals surface area contributed by atoms with Crippen LogP contribution in [0.5, 0.6) is 0 Å². The highest BCUT2D eigenvalue weighted by Gasteiger charge is 2.25. The summed E-state index contributed by atoms with van der Waals surface area (Å²) in [5, 5.41) is 13.4. The van der Waals surface area contributed by atoms with Crippen LogP contribution in [0.3, 0.4) is 0 Å². The third kappa shape index (κ3) is 5.06. The monoisotopic (exact) mass is 294 g/mol. The second kappa shape index (κ2) is 7.34. The topological polar surface area (TPSA) is 35.5 Å². The Bertz CT molecular complexity index is 450. The molecule has 1 aliphatic rings. The molecule has 1 aromatic carbocycles. The van der Waals surface area contributed by atoms with Crippen LogP contribution < -0.4 is 5.32 Å². The third-order valence-corrected chi connectivity index (χ3v) is 4.49. The molecule has 0 saturated carbocycles. The summed E-state index contributed by atoms with van der Waals surface area (Å²) in [5.41, 5.74) is 0.485. The first-order valence-electron chi connectivity index (χ1n) is 7.88. The van der Waals surface area contributed by atoms with E-state index in [9.17, 15) is 9.50 Å². The van der Waals surface area contributed by atoms with E-state index in [1.165, 1.54) is 6.07 Å². The summed E-state index contributed by atoms with van der Waals surface area (Å²) in [6.45, 7) is 4.88. The van der Waals surface area contributed by atoms with Crippen molar-refractivity contribution in [3.63, 3.8) is 0 Å². The average molecular weight is 294 g/mol. The van der Waals surface area contributed by atoms with Crippen LogP contribution in [0.4, 0.5) is 4.39 Å². The number of rotatable bonds is 5. The molecule has 2 rings (SSSR count). The molecular weight excluding hydrogens is 267 g/mol. The fraction of sp³-hybridized carbons (Fsp3) is 0.647. The summed E-state index contributed by atoms with van der Waals surface area (Å²) in [6, 6.07) is 6.99. The first-order valence-corrected chi connectivity index (χ1v) is 7.88. The fourth-order valence-corrected chi connectivity index (χ4v) is 3.06. The van der Waals surface area contributed by atoms with E-state index in [1.54, 1.807) is 12.1 Å². The maximum absolute atomic E-state index is 13.3. The molecule has 2 N–H and O–H groups in total. The molecule has 21 heavy (non-hydrogen) atoms. The van der Waals surface area contributed by atoms with Crippen molar-refractivity contribution in [3.8, 4) is 0 Å². The van der Waals surface area contributed by atoms with E-state index in [1.807, 2.05) is 20.0 Å². The van der Waals surface area contributed by atoms with Gasteiger partial charge in [0.1, 0.15) is 5.82 Å². The van der Waals surface area contributed by atoms with Crippen molar-refractivity contribution in [3.05, 3.63) is 35.6 Å². The fourth-order valence-electron chi connectivity index (χ4n) is 3.06. The molecular formula is C17H27FN2O. The second-order valence-corrected chi connectivity index (χ2v) is 6.38. The zero-order chi connectivity index (χ0) is 15.3. The maximum atomic E-state index is 13.3. The molecule has 0 amide bonds. The van der Waals surface area contributed by atoms with Gasteiger partial charge in [-0.1, -0.05) is 12.1 Å². The number of hydrogen-bond acceptors (Lipinski definition) is 3. The van der Waals surface area contributed by atoms with Crippen molar-refractivity contribution in [2.75, 3.05) is 26.7 Å². The molecule has 4 heteroatoms. The maximum Gasteiger partial charge on any atom is 0.123 e. The van der Waals surface area contributed by atoms with Crippen LogP contribution in [-0.2, 0) is 0 Å². The minimum absolute atomic E-state index is 0.171. The van der Waals surface area contributed by atoms with Crippen molar-refractivity contribution in [1.29, 1.82) is 0 Å². The minimum Gasteiger partial charge on any atom is -0.390 e. The molecule has 1 fully saturated rings. The molecule has 118 valence electrons. The van der Waals surface area contributed by atoms with Gasteiger partial charge in [0.05, 0.1) is 5.60 Å². The van der Waals surface area contributed by atoms with Crippen LogP contribution in [0, 0.1) is 5.82 Å². The summed E-state index contributed by atoms with van der Waals surface area (Å²) < 4.78 is 13.3. The van der Waals surface area contributed by atoms with E-state index in [0.717, 1.165) is 50.9 Å². The number of hydrogen-bond donors (Lipinski definition) is 2. The summed E-state index contributed by atoms with van der Waals surface area (Å²) in [6.07, 6.45) is 3.69. The van der Waals surface area contributed by atoms with Gasteiger partial charge in [0, 0.05) is 12.6 Å². The van der Waals surface area contributed by atoms with E-state index in [-0.39, 0.29) is 11.9 Å². The lowest BCUT2D eigenvalue weighted by Gasteiger charge is -2.25. The lowest BCUT2D eigenvalue weighted by Crippen LogP contribution is -2.31. The Hall–Kier alpha value is -0.970. The molecule has 0 bridgehead atoms. The molecule has 0 radical (unpaired) electrons. The largest absolute Gasteiger partial charge is 0.390 e. The Kier molecular flexibility index (Phi) is 5.73. The van der Waals surface area contributed by atoms with Crippen LogP contribution in [-0.4, -0.2) is 42.3 Å². The predicted molar refractivity (Wildman–Crippen MR) is 83.7 cm³/mol. The number of nitrogens with one attached hydrogen (secondary N) is 1. The molecule has 3 nitrogen and oxygen atoms in total. The molecule has 0 spiro atoms. The van der Waals surface area contributed by atoms with Crippen LogP contribution in [0.2, 0.25) is 0 Å². The summed E-state index contributed by atoms with van der Waals surface area (Å²) in [5.74, 6) is -0.182. The van der Waals surface area contributed by atoms with Crippen molar-refractivity contribution >= 4 is 0 Å². The average Bonchev–Trinajstić information content (AvgIpc) is 2.61. The van der Waals surface area contributed by atoms with Crippen molar-refractivity contribution < 1.29 is 9.50 Å². The number of benzene rings is 1. The van der Waals surface area contributed by atoms with E-state index < -0.39 is 5.60 Å². The van der Waals surface area contributed by atoms with Gasteiger partial charge in [0.2, 0.25) is 0 Å². The van der Waals surface area contributed by atoms with Crippen molar-refractivity contribution in [2.45, 2.75) is 44.2 Å². The highest BCUT2D eigenvalue weighted by atomic mass is 19.1. The first-order chi connectivity index (χ1) is 10.00. The van der Waals surface area contributed by atoms with E-state index in [4.69, 9.17) is 0 Å². The molecule has 2 atom stereocenters. The lowest BCUT2D eigenvalue weighted by molar-refractivity contribution is 0.0445. The van der Waals surface area contributed by atoms with Gasteiger partial charge in [0.25, 0.3) is 0 Å². The van der Waals surface area contributed by atoms with Gasteiger partial charge >= 0.3 is 0 Å². The van der Waals surface area contributed by atoms with Crippen molar-refractivity contribution in [1.82, 2.24) is 10.2 Å². The van der Waals surface area contributed by atoms with Gasteiger partial charge in [-0.2, -0.15) is 0 Å². The SMILES string of the molecule is CNC(CCN1CCCC(C)(O)CC1)c1cccc(F)c1. The standard InChI is InChI=1S/C17H27FN2O/c1-17(21)8-4-10-20(12-9-17)11-7-16(19-2)14-5-3-6-15(18)13-14/h3,5-6,13,16,19,21H,4,7-12H2,1-2H3.